The molecule has 0 bridgehead atoms. The minimum atomic E-state index is -2.96. The van der Waals surface area contributed by atoms with Gasteiger partial charge in [-0.1, -0.05) is 6.07 Å². The second kappa shape index (κ2) is 12.3. The molecule has 206 valence electrons. The van der Waals surface area contributed by atoms with Gasteiger partial charge in [0, 0.05) is 31.5 Å². The van der Waals surface area contributed by atoms with Gasteiger partial charge >= 0.3 is 0 Å². The van der Waals surface area contributed by atoms with Crippen LogP contribution in [-0.4, -0.2) is 74.6 Å². The number of rotatable bonds is 11. The lowest BCUT2D eigenvalue weighted by Gasteiger charge is -2.31. The van der Waals surface area contributed by atoms with Gasteiger partial charge in [0.25, 0.3) is 11.5 Å². The third-order valence-electron chi connectivity index (χ3n) is 6.50. The summed E-state index contributed by atoms with van der Waals surface area (Å²) in [5, 5.41) is 4.89. The van der Waals surface area contributed by atoms with E-state index >= 15 is 0 Å². The summed E-state index contributed by atoms with van der Waals surface area (Å²) in [5.41, 5.74) is 0.938. The van der Waals surface area contributed by atoms with Gasteiger partial charge in [0.05, 0.1) is 24.9 Å². The molecule has 0 radical (unpaired) electrons. The zero-order valence-corrected chi connectivity index (χ0v) is 22.9. The third-order valence-corrected chi connectivity index (χ3v) is 8.35. The molecule has 1 aromatic carbocycles. The van der Waals surface area contributed by atoms with Crippen LogP contribution in [0.3, 0.4) is 0 Å². The van der Waals surface area contributed by atoms with E-state index in [0.29, 0.717) is 34.8 Å². The molecule has 3 heterocycles. The van der Waals surface area contributed by atoms with Gasteiger partial charge < -0.3 is 24.7 Å². The summed E-state index contributed by atoms with van der Waals surface area (Å²) in [5.74, 6) is -0.525. The second-order valence-electron chi connectivity index (χ2n) is 9.44. The molecule has 1 amide bonds. The van der Waals surface area contributed by atoms with Crippen LogP contribution in [0.5, 0.6) is 5.75 Å². The molecule has 1 aliphatic heterocycles. The SMILES string of the molecule is COc1cc(CNC(=O)c2nc3scc(COCC4CCN(CCS(C)(=O)=O)CC4)c3c(=O)[nH]2)ccc1F. The lowest BCUT2D eigenvalue weighted by atomic mass is 9.98. The van der Waals surface area contributed by atoms with E-state index in [1.54, 1.807) is 0 Å². The number of methoxy groups -OCH3 is 1. The van der Waals surface area contributed by atoms with Gasteiger partial charge in [0.1, 0.15) is 14.7 Å². The molecule has 0 aliphatic carbocycles. The maximum atomic E-state index is 13.6. The number of hydrogen-bond acceptors (Lipinski definition) is 9. The molecule has 0 unspecified atom stereocenters. The van der Waals surface area contributed by atoms with Gasteiger partial charge in [0.15, 0.2) is 11.6 Å². The van der Waals surface area contributed by atoms with Crippen LogP contribution >= 0.6 is 11.3 Å². The Morgan fingerprint density at radius 1 is 1.32 bits per heavy atom. The zero-order valence-electron chi connectivity index (χ0n) is 21.3. The topological polar surface area (TPSA) is 131 Å². The summed E-state index contributed by atoms with van der Waals surface area (Å²) in [7, 11) is -1.60. The normalized spacial score (nSPS) is 15.1. The first-order valence-electron chi connectivity index (χ1n) is 12.2. The molecule has 1 saturated heterocycles. The maximum absolute atomic E-state index is 13.6. The van der Waals surface area contributed by atoms with Crippen molar-refractivity contribution < 1.29 is 27.1 Å². The highest BCUT2D eigenvalue weighted by molar-refractivity contribution is 7.90. The Bertz CT molecular complexity index is 1450. The Kier molecular flexibility index (Phi) is 9.13. The van der Waals surface area contributed by atoms with Crippen LogP contribution in [-0.2, 0) is 27.7 Å². The first-order valence-corrected chi connectivity index (χ1v) is 15.2. The molecule has 3 aromatic rings. The number of carbonyl (C=O) groups is 1. The molecule has 0 saturated carbocycles. The highest BCUT2D eigenvalue weighted by atomic mass is 32.2. The molecule has 0 spiro atoms. The molecule has 1 aliphatic rings. The summed E-state index contributed by atoms with van der Waals surface area (Å²) < 4.78 is 47.2. The average Bonchev–Trinajstić information content (AvgIpc) is 3.30. The number of aromatic nitrogens is 2. The number of ether oxygens (including phenoxy) is 2. The maximum Gasteiger partial charge on any atom is 0.287 e. The highest BCUT2D eigenvalue weighted by Gasteiger charge is 2.21. The number of amides is 1. The molecule has 38 heavy (non-hydrogen) atoms. The molecule has 2 aromatic heterocycles. The van der Waals surface area contributed by atoms with Gasteiger partial charge in [-0.05, 0) is 54.9 Å². The predicted molar refractivity (Wildman–Crippen MR) is 143 cm³/mol. The van der Waals surface area contributed by atoms with Gasteiger partial charge in [-0.25, -0.2) is 17.8 Å². The van der Waals surface area contributed by atoms with Crippen molar-refractivity contribution in [3.05, 3.63) is 56.7 Å². The Balaban J connectivity index is 1.29. The highest BCUT2D eigenvalue weighted by Crippen LogP contribution is 2.23. The fourth-order valence-corrected chi connectivity index (χ4v) is 5.82. The van der Waals surface area contributed by atoms with Crippen molar-refractivity contribution in [1.82, 2.24) is 20.2 Å². The number of nitrogens with one attached hydrogen (secondary N) is 2. The van der Waals surface area contributed by atoms with E-state index in [4.69, 9.17) is 9.47 Å². The molecular formula is C25H31FN4O6S2. The summed E-state index contributed by atoms with van der Waals surface area (Å²) >= 11 is 1.27. The average molecular weight is 567 g/mol. The van der Waals surface area contributed by atoms with Gasteiger partial charge in [-0.3, -0.25) is 9.59 Å². The van der Waals surface area contributed by atoms with E-state index in [-0.39, 0.29) is 30.5 Å². The van der Waals surface area contributed by atoms with Crippen LogP contribution < -0.4 is 15.6 Å². The Morgan fingerprint density at radius 3 is 2.79 bits per heavy atom. The summed E-state index contributed by atoms with van der Waals surface area (Å²) in [4.78, 5) is 34.9. The first-order chi connectivity index (χ1) is 18.1. The number of halogens is 1. The van der Waals surface area contributed by atoms with Crippen LogP contribution in [0.25, 0.3) is 10.2 Å². The van der Waals surface area contributed by atoms with Crippen molar-refractivity contribution in [2.45, 2.75) is 26.0 Å². The number of likely N-dealkylation sites (tertiary alicyclic amines) is 1. The van der Waals surface area contributed by atoms with Gasteiger partial charge in [0.2, 0.25) is 5.82 Å². The fourth-order valence-electron chi connectivity index (χ4n) is 4.31. The number of fused-ring (bicyclic) bond motifs is 1. The summed E-state index contributed by atoms with van der Waals surface area (Å²) in [6.45, 7) is 3.16. The van der Waals surface area contributed by atoms with E-state index in [9.17, 15) is 22.4 Å². The molecular weight excluding hydrogens is 535 g/mol. The first kappa shape index (κ1) is 28.1. The van der Waals surface area contributed by atoms with Crippen molar-refractivity contribution in [2.75, 3.05) is 45.4 Å². The molecule has 2 N–H and O–H groups in total. The smallest absolute Gasteiger partial charge is 0.287 e. The summed E-state index contributed by atoms with van der Waals surface area (Å²) in [6.07, 6.45) is 3.12. The number of sulfone groups is 1. The minimum Gasteiger partial charge on any atom is -0.494 e. The molecule has 10 nitrogen and oxygen atoms in total. The van der Waals surface area contributed by atoms with Crippen molar-refractivity contribution >= 4 is 37.3 Å². The number of H-pyrrole nitrogens is 1. The monoisotopic (exact) mass is 566 g/mol. The largest absolute Gasteiger partial charge is 0.494 e. The second-order valence-corrected chi connectivity index (χ2v) is 12.6. The van der Waals surface area contributed by atoms with Crippen molar-refractivity contribution in [3.63, 3.8) is 0 Å². The molecule has 1 fully saturated rings. The number of piperidine rings is 1. The molecule has 4 rings (SSSR count). The van der Waals surface area contributed by atoms with Crippen LogP contribution in [0, 0.1) is 11.7 Å². The van der Waals surface area contributed by atoms with Crippen LogP contribution in [0.15, 0.2) is 28.4 Å². The van der Waals surface area contributed by atoms with E-state index in [1.807, 2.05) is 5.38 Å². The van der Waals surface area contributed by atoms with Crippen LogP contribution in [0.4, 0.5) is 4.39 Å². The van der Waals surface area contributed by atoms with E-state index in [0.717, 1.165) is 31.5 Å². The van der Waals surface area contributed by atoms with Crippen molar-refractivity contribution in [3.8, 4) is 5.75 Å². The number of thiophene rings is 1. The zero-order chi connectivity index (χ0) is 27.3. The third kappa shape index (κ3) is 7.37. The lowest BCUT2D eigenvalue weighted by molar-refractivity contribution is 0.0595. The Hall–Kier alpha value is -2.87. The number of aromatic amines is 1. The fraction of sp³-hybridized carbons (Fsp3) is 0.480. The molecule has 0 atom stereocenters. The van der Waals surface area contributed by atoms with Crippen LogP contribution in [0.2, 0.25) is 0 Å². The number of hydrogen-bond donors (Lipinski definition) is 2. The minimum absolute atomic E-state index is 0.0769. The van der Waals surface area contributed by atoms with E-state index in [2.05, 4.69) is 20.2 Å². The Morgan fingerprint density at radius 2 is 2.08 bits per heavy atom. The number of carbonyl (C=O) groups excluding carboxylic acids is 1. The van der Waals surface area contributed by atoms with Crippen LogP contribution in [0.1, 0.15) is 34.6 Å². The quantitative estimate of drug-likeness (QED) is 0.362. The Labute approximate surface area is 224 Å². The van der Waals surface area contributed by atoms with Gasteiger partial charge in [-0.15, -0.1) is 11.3 Å². The van der Waals surface area contributed by atoms with E-state index in [1.165, 1.54) is 42.9 Å². The molecule has 13 heteroatoms. The summed E-state index contributed by atoms with van der Waals surface area (Å²) in [6, 6.07) is 4.28. The number of benzene rings is 1. The predicted octanol–water partition coefficient (Wildman–Crippen LogP) is 2.34. The van der Waals surface area contributed by atoms with Crippen molar-refractivity contribution in [1.29, 1.82) is 0 Å². The lowest BCUT2D eigenvalue weighted by Crippen LogP contribution is -2.37. The standard InChI is InChI=1S/C25H31FN4O6S2/c1-35-20-11-17(3-4-19(20)26)12-27-24(32)22-28-23(31)21-18(15-37-25(21)29-22)14-36-13-16-5-7-30(8-6-16)9-10-38(2,33)34/h3-4,11,15-16H,5-10,12-14H2,1-2H3,(H,27,32)(H,28,29,31). The number of nitrogens with zero attached hydrogens (tertiary/aromatic N) is 2. The van der Waals surface area contributed by atoms with Crippen molar-refractivity contribution in [2.24, 2.45) is 5.92 Å². The van der Waals surface area contributed by atoms with E-state index < -0.39 is 27.1 Å². The van der Waals surface area contributed by atoms with Gasteiger partial charge in [-0.2, -0.15) is 0 Å².